The first-order chi connectivity index (χ1) is 16.8. The van der Waals surface area contributed by atoms with Crippen LogP contribution < -0.4 is 24.8 Å². The SMILES string of the molecule is CC=C1[C-]=C(c2ccccc2)c2ccccc21.CC=C1[C-]=C(c2ccccc2)c2ccccc21.[Cl-].[Cl-].[Zr+4]. The molecule has 0 aliphatic heterocycles. The summed E-state index contributed by atoms with van der Waals surface area (Å²) < 4.78 is 0. The van der Waals surface area contributed by atoms with E-state index in [-0.39, 0.29) is 51.0 Å². The molecule has 6 rings (SSSR count). The molecule has 0 spiro atoms. The van der Waals surface area contributed by atoms with Crippen LogP contribution in [0.1, 0.15) is 47.2 Å². The summed E-state index contributed by atoms with van der Waals surface area (Å²) in [4.78, 5) is 0. The predicted molar refractivity (Wildman–Crippen MR) is 145 cm³/mol. The molecule has 37 heavy (non-hydrogen) atoms. The van der Waals surface area contributed by atoms with Crippen molar-refractivity contribution in [2.45, 2.75) is 13.8 Å². The molecule has 3 heteroatoms. The van der Waals surface area contributed by atoms with Crippen LogP contribution in [0.4, 0.5) is 0 Å². The van der Waals surface area contributed by atoms with Crippen molar-refractivity contribution in [3.05, 3.63) is 167 Å². The Balaban J connectivity index is 0.000000241. The van der Waals surface area contributed by atoms with Gasteiger partial charge in [0, 0.05) is 0 Å². The zero-order valence-corrected chi connectivity index (χ0v) is 24.8. The fourth-order valence-electron chi connectivity index (χ4n) is 4.53. The van der Waals surface area contributed by atoms with Crippen molar-refractivity contribution in [1.29, 1.82) is 0 Å². The molecule has 0 saturated carbocycles. The Morgan fingerprint density at radius 1 is 0.432 bits per heavy atom. The average molecular weight is 597 g/mol. The standard InChI is InChI=1S/2C17H13.2ClH.Zr/c2*1-2-13-12-17(14-8-4-3-5-9-14)16-11-7-6-10-15(13)16;;;/h2*2-11H,1H3;2*1H;/q2*-1;;;+4/p-2. The maximum absolute atomic E-state index is 3.50. The van der Waals surface area contributed by atoms with Crippen molar-refractivity contribution in [3.8, 4) is 0 Å². The summed E-state index contributed by atoms with van der Waals surface area (Å²) >= 11 is 0. The normalized spacial score (nSPS) is 14.5. The molecule has 4 aromatic rings. The van der Waals surface area contributed by atoms with E-state index in [1.54, 1.807) is 0 Å². The molecule has 0 saturated heterocycles. The fourth-order valence-corrected chi connectivity index (χ4v) is 4.53. The molecule has 0 N–H and O–H groups in total. The maximum Gasteiger partial charge on any atom is 4.00 e. The Labute approximate surface area is 252 Å². The van der Waals surface area contributed by atoms with Crippen LogP contribution in [0.2, 0.25) is 0 Å². The van der Waals surface area contributed by atoms with E-state index < -0.39 is 0 Å². The van der Waals surface area contributed by atoms with Crippen LogP contribution in [-0.2, 0) is 26.2 Å². The summed E-state index contributed by atoms with van der Waals surface area (Å²) in [5, 5.41) is 0. The maximum atomic E-state index is 3.50. The minimum absolute atomic E-state index is 0. The molecular formula is C34H26Cl2Zr. The molecule has 180 valence electrons. The molecule has 0 amide bonds. The molecule has 0 fully saturated rings. The van der Waals surface area contributed by atoms with E-state index in [1.165, 1.54) is 55.7 Å². The summed E-state index contributed by atoms with van der Waals surface area (Å²) in [6, 6.07) is 37.9. The number of benzene rings is 4. The second-order valence-electron chi connectivity index (χ2n) is 8.23. The largest absolute Gasteiger partial charge is 4.00 e. The molecule has 4 aromatic carbocycles. The Morgan fingerprint density at radius 2 is 0.730 bits per heavy atom. The minimum Gasteiger partial charge on any atom is -1.00 e. The fraction of sp³-hybridized carbons (Fsp3) is 0.0588. The smallest absolute Gasteiger partial charge is 1.00 e. The average Bonchev–Trinajstić information content (AvgIpc) is 3.49. The summed E-state index contributed by atoms with van der Waals surface area (Å²) in [5.41, 5.74) is 12.4. The number of halogens is 2. The Morgan fingerprint density at radius 3 is 1.05 bits per heavy atom. The van der Waals surface area contributed by atoms with Gasteiger partial charge >= 0.3 is 26.2 Å². The van der Waals surface area contributed by atoms with Gasteiger partial charge in [-0.2, -0.15) is 0 Å². The third kappa shape index (κ3) is 6.42. The molecular weight excluding hydrogens is 571 g/mol. The Bertz CT molecular complexity index is 1330. The van der Waals surface area contributed by atoms with Crippen molar-refractivity contribution in [2.75, 3.05) is 0 Å². The van der Waals surface area contributed by atoms with Gasteiger partial charge in [0.15, 0.2) is 0 Å². The molecule has 0 nitrogen and oxygen atoms in total. The predicted octanol–water partition coefficient (Wildman–Crippen LogP) is 2.68. The molecule has 2 aliphatic carbocycles. The van der Waals surface area contributed by atoms with E-state index in [1.807, 2.05) is 12.1 Å². The van der Waals surface area contributed by atoms with Gasteiger partial charge in [-0.1, -0.05) is 134 Å². The zero-order chi connectivity index (χ0) is 23.3. The summed E-state index contributed by atoms with van der Waals surface area (Å²) in [5.74, 6) is 0. The number of allylic oxidation sites excluding steroid dienone is 6. The first kappa shape index (κ1) is 30.5. The first-order valence-corrected chi connectivity index (χ1v) is 11.7. The number of hydrogen-bond acceptors (Lipinski definition) is 0. The van der Waals surface area contributed by atoms with E-state index >= 15 is 0 Å². The molecule has 0 atom stereocenters. The van der Waals surface area contributed by atoms with Crippen LogP contribution in [0.3, 0.4) is 0 Å². The van der Waals surface area contributed by atoms with Gasteiger partial charge in [0.1, 0.15) is 0 Å². The quantitative estimate of drug-likeness (QED) is 0.313. The molecule has 2 aliphatic rings. The van der Waals surface area contributed by atoms with E-state index in [0.717, 1.165) is 0 Å². The molecule has 0 aromatic heterocycles. The first-order valence-electron chi connectivity index (χ1n) is 11.7. The van der Waals surface area contributed by atoms with Crippen molar-refractivity contribution in [3.63, 3.8) is 0 Å². The van der Waals surface area contributed by atoms with Crippen LogP contribution in [0, 0.1) is 12.2 Å². The van der Waals surface area contributed by atoms with Crippen LogP contribution >= 0.6 is 0 Å². The molecule has 0 bridgehead atoms. The Hall–Kier alpha value is -2.70. The van der Waals surface area contributed by atoms with E-state index in [2.05, 4.69) is 135 Å². The van der Waals surface area contributed by atoms with Gasteiger partial charge in [-0.15, -0.1) is 68.9 Å². The summed E-state index contributed by atoms with van der Waals surface area (Å²) in [6.45, 7) is 4.13. The summed E-state index contributed by atoms with van der Waals surface area (Å²) in [7, 11) is 0. The van der Waals surface area contributed by atoms with E-state index in [0.29, 0.717) is 0 Å². The minimum atomic E-state index is 0. The number of hydrogen-bond donors (Lipinski definition) is 0. The van der Waals surface area contributed by atoms with Crippen LogP contribution in [0.5, 0.6) is 0 Å². The van der Waals surface area contributed by atoms with Crippen molar-refractivity contribution < 1.29 is 51.0 Å². The van der Waals surface area contributed by atoms with Crippen molar-refractivity contribution in [2.24, 2.45) is 0 Å². The molecule has 0 radical (unpaired) electrons. The number of rotatable bonds is 2. The van der Waals surface area contributed by atoms with Gasteiger partial charge in [-0.05, 0) is 0 Å². The van der Waals surface area contributed by atoms with Gasteiger partial charge in [0.05, 0.1) is 0 Å². The van der Waals surface area contributed by atoms with Gasteiger partial charge in [-0.3, -0.25) is 0 Å². The van der Waals surface area contributed by atoms with Gasteiger partial charge < -0.3 is 24.8 Å². The topological polar surface area (TPSA) is 0 Å². The second-order valence-corrected chi connectivity index (χ2v) is 8.23. The second kappa shape index (κ2) is 14.3. The van der Waals surface area contributed by atoms with Gasteiger partial charge in [0.2, 0.25) is 0 Å². The molecule has 0 heterocycles. The van der Waals surface area contributed by atoms with E-state index in [4.69, 9.17) is 0 Å². The monoisotopic (exact) mass is 594 g/mol. The van der Waals surface area contributed by atoms with Crippen LogP contribution in [0.15, 0.2) is 121 Å². The number of fused-ring (bicyclic) bond motifs is 2. The molecule has 0 unspecified atom stereocenters. The third-order valence-corrected chi connectivity index (χ3v) is 6.19. The van der Waals surface area contributed by atoms with Crippen LogP contribution in [-0.4, -0.2) is 0 Å². The van der Waals surface area contributed by atoms with Crippen molar-refractivity contribution in [1.82, 2.24) is 0 Å². The summed E-state index contributed by atoms with van der Waals surface area (Å²) in [6.07, 6.45) is 11.2. The van der Waals surface area contributed by atoms with Gasteiger partial charge in [-0.25, -0.2) is 0 Å². The van der Waals surface area contributed by atoms with Gasteiger partial charge in [0.25, 0.3) is 0 Å². The van der Waals surface area contributed by atoms with Crippen LogP contribution in [0.25, 0.3) is 22.3 Å². The zero-order valence-electron chi connectivity index (χ0n) is 20.8. The van der Waals surface area contributed by atoms with Crippen molar-refractivity contribution >= 4 is 22.3 Å². The third-order valence-electron chi connectivity index (χ3n) is 6.19. The Kier molecular flexibility index (Phi) is 11.8. The van der Waals surface area contributed by atoms with E-state index in [9.17, 15) is 0 Å².